The third-order valence-corrected chi connectivity index (χ3v) is 4.75. The summed E-state index contributed by atoms with van der Waals surface area (Å²) in [6.07, 6.45) is 4.17. The number of rotatable bonds is 3. The van der Waals surface area contributed by atoms with E-state index >= 15 is 0 Å². The van der Waals surface area contributed by atoms with E-state index in [2.05, 4.69) is 50.0 Å². The number of hydrogen-bond acceptors (Lipinski definition) is 2. The third kappa shape index (κ3) is 2.95. The molecule has 3 heteroatoms. The molecule has 98 valence electrons. The summed E-state index contributed by atoms with van der Waals surface area (Å²) in [6, 6.07) is 9.57. The topological polar surface area (TPSA) is 6.48 Å². The molecule has 1 aromatic rings. The Balaban J connectivity index is 1.54. The lowest BCUT2D eigenvalue weighted by atomic mass is 10.2. The van der Waals surface area contributed by atoms with E-state index in [4.69, 9.17) is 0 Å². The van der Waals surface area contributed by atoms with Gasteiger partial charge >= 0.3 is 0 Å². The molecule has 0 bridgehead atoms. The second kappa shape index (κ2) is 5.72. The van der Waals surface area contributed by atoms with Gasteiger partial charge in [-0.15, -0.1) is 0 Å². The summed E-state index contributed by atoms with van der Waals surface area (Å²) in [5, 5.41) is 0. The molecule has 2 nitrogen and oxygen atoms in total. The lowest BCUT2D eigenvalue weighted by Gasteiger charge is -2.23. The number of nitrogens with zero attached hydrogens (tertiary/aromatic N) is 2. The molecule has 2 saturated heterocycles. The number of halogens is 1. The molecule has 2 aliphatic heterocycles. The van der Waals surface area contributed by atoms with Crippen LogP contribution in [0.3, 0.4) is 0 Å². The quantitative estimate of drug-likeness (QED) is 0.846. The molecular formula is C15H21BrN2. The molecule has 18 heavy (non-hydrogen) atoms. The van der Waals surface area contributed by atoms with Crippen molar-refractivity contribution in [2.45, 2.75) is 31.8 Å². The van der Waals surface area contributed by atoms with E-state index in [-0.39, 0.29) is 0 Å². The highest BCUT2D eigenvalue weighted by Gasteiger charge is 2.28. The van der Waals surface area contributed by atoms with Crippen LogP contribution in [0.15, 0.2) is 28.7 Å². The fourth-order valence-corrected chi connectivity index (χ4v) is 3.47. The summed E-state index contributed by atoms with van der Waals surface area (Å²) in [7, 11) is 0. The van der Waals surface area contributed by atoms with E-state index in [1.165, 1.54) is 55.5 Å². The molecule has 1 unspecified atom stereocenters. The zero-order valence-corrected chi connectivity index (χ0v) is 12.4. The summed E-state index contributed by atoms with van der Waals surface area (Å²) < 4.78 is 1.17. The molecule has 0 N–H and O–H groups in total. The van der Waals surface area contributed by atoms with Gasteiger partial charge in [0.15, 0.2) is 0 Å². The summed E-state index contributed by atoms with van der Waals surface area (Å²) in [4.78, 5) is 5.30. The van der Waals surface area contributed by atoms with Gasteiger partial charge in [0, 0.05) is 30.1 Å². The Hall–Kier alpha value is -0.380. The predicted molar refractivity (Wildman–Crippen MR) is 78.6 cm³/mol. The van der Waals surface area contributed by atoms with Crippen molar-refractivity contribution in [1.29, 1.82) is 0 Å². The molecule has 0 aliphatic carbocycles. The molecule has 0 aromatic heterocycles. The first kappa shape index (κ1) is 12.6. The Kier molecular flexibility index (Phi) is 4.02. The Labute approximate surface area is 118 Å². The van der Waals surface area contributed by atoms with Crippen LogP contribution in [0.1, 0.15) is 24.8 Å². The van der Waals surface area contributed by atoms with Crippen LogP contribution in [0.4, 0.5) is 0 Å². The molecule has 0 amide bonds. The first-order chi connectivity index (χ1) is 8.81. The Morgan fingerprint density at radius 1 is 1.06 bits per heavy atom. The second-order valence-electron chi connectivity index (χ2n) is 5.55. The van der Waals surface area contributed by atoms with Gasteiger partial charge in [0.05, 0.1) is 0 Å². The van der Waals surface area contributed by atoms with Crippen LogP contribution in [0.2, 0.25) is 0 Å². The van der Waals surface area contributed by atoms with Gasteiger partial charge in [-0.25, -0.2) is 0 Å². The smallest absolute Gasteiger partial charge is 0.0235 e. The molecule has 2 aliphatic rings. The van der Waals surface area contributed by atoms with Crippen LogP contribution in [-0.4, -0.2) is 42.0 Å². The molecule has 2 heterocycles. The van der Waals surface area contributed by atoms with Gasteiger partial charge in [0.2, 0.25) is 0 Å². The van der Waals surface area contributed by atoms with Crippen molar-refractivity contribution in [3.05, 3.63) is 34.3 Å². The van der Waals surface area contributed by atoms with Crippen LogP contribution in [0.25, 0.3) is 0 Å². The maximum Gasteiger partial charge on any atom is 0.0235 e. The normalized spacial score (nSPS) is 25.9. The highest BCUT2D eigenvalue weighted by molar-refractivity contribution is 9.10. The van der Waals surface area contributed by atoms with Gasteiger partial charge in [-0.3, -0.25) is 9.80 Å². The van der Waals surface area contributed by atoms with Gasteiger partial charge < -0.3 is 0 Å². The summed E-state index contributed by atoms with van der Waals surface area (Å²) in [5.74, 6) is 0. The molecule has 0 radical (unpaired) electrons. The van der Waals surface area contributed by atoms with E-state index in [0.717, 1.165) is 12.6 Å². The van der Waals surface area contributed by atoms with E-state index in [1.54, 1.807) is 0 Å². The average molecular weight is 309 g/mol. The molecule has 3 rings (SSSR count). The summed E-state index contributed by atoms with van der Waals surface area (Å²) >= 11 is 3.49. The Bertz CT molecular complexity index is 384. The minimum absolute atomic E-state index is 0.822. The maximum absolute atomic E-state index is 3.49. The number of likely N-dealkylation sites (tertiary alicyclic amines) is 2. The van der Waals surface area contributed by atoms with Crippen molar-refractivity contribution in [1.82, 2.24) is 9.80 Å². The van der Waals surface area contributed by atoms with Gasteiger partial charge in [0.1, 0.15) is 0 Å². The number of benzene rings is 1. The first-order valence-electron chi connectivity index (χ1n) is 7.02. The average Bonchev–Trinajstić information content (AvgIpc) is 3.02. The minimum atomic E-state index is 0.822. The van der Waals surface area contributed by atoms with Gasteiger partial charge in [-0.2, -0.15) is 0 Å². The maximum atomic E-state index is 3.49. The molecule has 0 saturated carbocycles. The van der Waals surface area contributed by atoms with E-state index < -0.39 is 0 Å². The number of hydrogen-bond donors (Lipinski definition) is 0. The van der Waals surface area contributed by atoms with Crippen molar-refractivity contribution >= 4 is 15.9 Å². The van der Waals surface area contributed by atoms with Crippen LogP contribution in [-0.2, 0) is 6.54 Å². The SMILES string of the molecule is Brc1ccc(CN2CCC(N3CCCC3)C2)cc1. The fraction of sp³-hybridized carbons (Fsp3) is 0.600. The van der Waals surface area contributed by atoms with Gasteiger partial charge in [-0.05, 0) is 50.0 Å². The fourth-order valence-electron chi connectivity index (χ4n) is 3.21. The Morgan fingerprint density at radius 3 is 2.50 bits per heavy atom. The van der Waals surface area contributed by atoms with Crippen LogP contribution >= 0.6 is 15.9 Å². The van der Waals surface area contributed by atoms with Crippen molar-refractivity contribution in [3.8, 4) is 0 Å². The summed E-state index contributed by atoms with van der Waals surface area (Å²) in [5.41, 5.74) is 1.43. The standard InChI is InChI=1S/C15H21BrN2/c16-14-5-3-13(4-6-14)11-17-10-7-15(12-17)18-8-1-2-9-18/h3-6,15H,1-2,7-12H2. The van der Waals surface area contributed by atoms with E-state index in [9.17, 15) is 0 Å². The van der Waals surface area contributed by atoms with Gasteiger partial charge in [-0.1, -0.05) is 28.1 Å². The monoisotopic (exact) mass is 308 g/mol. The lowest BCUT2D eigenvalue weighted by Crippen LogP contribution is -2.35. The zero-order chi connectivity index (χ0) is 12.4. The predicted octanol–water partition coefficient (Wildman–Crippen LogP) is 3.12. The molecule has 2 fully saturated rings. The van der Waals surface area contributed by atoms with Crippen molar-refractivity contribution in [2.75, 3.05) is 26.2 Å². The third-order valence-electron chi connectivity index (χ3n) is 4.22. The molecule has 0 spiro atoms. The minimum Gasteiger partial charge on any atom is -0.299 e. The van der Waals surface area contributed by atoms with Crippen LogP contribution in [0.5, 0.6) is 0 Å². The molecule has 1 aromatic carbocycles. The van der Waals surface area contributed by atoms with Crippen molar-refractivity contribution in [3.63, 3.8) is 0 Å². The Morgan fingerprint density at radius 2 is 1.78 bits per heavy atom. The largest absolute Gasteiger partial charge is 0.299 e. The van der Waals surface area contributed by atoms with Crippen molar-refractivity contribution < 1.29 is 0 Å². The zero-order valence-electron chi connectivity index (χ0n) is 10.8. The van der Waals surface area contributed by atoms with Crippen molar-refractivity contribution in [2.24, 2.45) is 0 Å². The van der Waals surface area contributed by atoms with E-state index in [0.29, 0.717) is 0 Å². The summed E-state index contributed by atoms with van der Waals surface area (Å²) in [6.45, 7) is 6.29. The first-order valence-corrected chi connectivity index (χ1v) is 7.81. The molecular weight excluding hydrogens is 288 g/mol. The van der Waals surface area contributed by atoms with Gasteiger partial charge in [0.25, 0.3) is 0 Å². The lowest BCUT2D eigenvalue weighted by molar-refractivity contribution is 0.230. The highest BCUT2D eigenvalue weighted by atomic mass is 79.9. The van der Waals surface area contributed by atoms with E-state index in [1.807, 2.05) is 0 Å². The van der Waals surface area contributed by atoms with Crippen LogP contribution in [0, 0.1) is 0 Å². The second-order valence-corrected chi connectivity index (χ2v) is 6.46. The molecule has 1 atom stereocenters. The van der Waals surface area contributed by atoms with Crippen LogP contribution < -0.4 is 0 Å². The highest BCUT2D eigenvalue weighted by Crippen LogP contribution is 2.22.